The topological polar surface area (TPSA) is 80.0 Å². The number of aliphatic carboxylic acids is 1. The summed E-state index contributed by atoms with van der Waals surface area (Å²) in [5, 5.41) is 8.75. The van der Waals surface area contributed by atoms with Gasteiger partial charge in [-0.05, 0) is 25.2 Å². The van der Waals surface area contributed by atoms with E-state index in [0.717, 1.165) is 0 Å². The van der Waals surface area contributed by atoms with Gasteiger partial charge in [-0.25, -0.2) is 4.79 Å². The molecule has 1 aromatic carbocycles. The van der Waals surface area contributed by atoms with Gasteiger partial charge in [0.25, 0.3) is 0 Å². The normalized spacial score (nSPS) is 10.7. The van der Waals surface area contributed by atoms with Crippen LogP contribution >= 0.6 is 0 Å². The van der Waals surface area contributed by atoms with Crippen LogP contribution in [0.4, 0.5) is 0 Å². The minimum absolute atomic E-state index is 0.0746. The van der Waals surface area contributed by atoms with Gasteiger partial charge in [0.15, 0.2) is 0 Å². The van der Waals surface area contributed by atoms with Crippen LogP contribution in [0.5, 0.6) is 0 Å². The fourth-order valence-corrected chi connectivity index (χ4v) is 2.15. The third-order valence-electron chi connectivity index (χ3n) is 3.09. The summed E-state index contributed by atoms with van der Waals surface area (Å²) in [6, 6.07) is 10.5. The number of furan rings is 1. The van der Waals surface area contributed by atoms with Crippen molar-refractivity contribution in [2.24, 2.45) is 0 Å². The summed E-state index contributed by atoms with van der Waals surface area (Å²) >= 11 is 0. The molecule has 1 aromatic heterocycles. The SMILES string of the molecule is COC(=O)c1ccccc1-c1ccc(CN(C)CC(=O)O)o1. The Bertz CT molecular complexity index is 677. The molecule has 1 heterocycles. The van der Waals surface area contributed by atoms with Crippen LogP contribution in [0.1, 0.15) is 16.1 Å². The average molecular weight is 303 g/mol. The first-order valence-corrected chi connectivity index (χ1v) is 6.68. The van der Waals surface area contributed by atoms with Gasteiger partial charge in [0.2, 0.25) is 0 Å². The van der Waals surface area contributed by atoms with Crippen molar-refractivity contribution in [3.8, 4) is 11.3 Å². The monoisotopic (exact) mass is 303 g/mol. The zero-order valence-electron chi connectivity index (χ0n) is 12.4. The van der Waals surface area contributed by atoms with Crippen LogP contribution in [0.2, 0.25) is 0 Å². The van der Waals surface area contributed by atoms with Crippen molar-refractivity contribution in [2.45, 2.75) is 6.54 Å². The first-order valence-electron chi connectivity index (χ1n) is 6.68. The number of rotatable bonds is 6. The highest BCUT2D eigenvalue weighted by molar-refractivity contribution is 5.96. The largest absolute Gasteiger partial charge is 0.480 e. The summed E-state index contributed by atoms with van der Waals surface area (Å²) in [5.74, 6) is -0.167. The minimum Gasteiger partial charge on any atom is -0.480 e. The molecule has 2 rings (SSSR count). The molecular formula is C16H17NO5. The number of carboxylic acids is 1. The van der Waals surface area contributed by atoms with Crippen molar-refractivity contribution in [2.75, 3.05) is 20.7 Å². The number of esters is 1. The van der Waals surface area contributed by atoms with Gasteiger partial charge >= 0.3 is 11.9 Å². The van der Waals surface area contributed by atoms with Crippen molar-refractivity contribution in [1.29, 1.82) is 0 Å². The molecule has 0 saturated carbocycles. The van der Waals surface area contributed by atoms with Crippen LogP contribution in [0.25, 0.3) is 11.3 Å². The second-order valence-corrected chi connectivity index (χ2v) is 4.87. The Balaban J connectivity index is 2.22. The van der Waals surface area contributed by atoms with Gasteiger partial charge in [-0.2, -0.15) is 0 Å². The van der Waals surface area contributed by atoms with E-state index in [1.54, 1.807) is 48.3 Å². The number of hydrogen-bond acceptors (Lipinski definition) is 5. The zero-order chi connectivity index (χ0) is 16.1. The van der Waals surface area contributed by atoms with E-state index in [4.69, 9.17) is 14.3 Å². The molecule has 0 aliphatic carbocycles. The summed E-state index contributed by atoms with van der Waals surface area (Å²) in [5.41, 5.74) is 1.06. The van der Waals surface area contributed by atoms with Crippen molar-refractivity contribution in [1.82, 2.24) is 4.90 Å². The van der Waals surface area contributed by atoms with Gasteiger partial charge in [-0.15, -0.1) is 0 Å². The lowest BCUT2D eigenvalue weighted by atomic mass is 10.1. The number of methoxy groups -OCH3 is 1. The Labute approximate surface area is 127 Å². The van der Waals surface area contributed by atoms with Crippen LogP contribution in [0, 0.1) is 0 Å². The van der Waals surface area contributed by atoms with Gasteiger partial charge in [0, 0.05) is 5.56 Å². The fraction of sp³-hybridized carbons (Fsp3) is 0.250. The molecule has 1 N–H and O–H groups in total. The van der Waals surface area contributed by atoms with Crippen LogP contribution in [-0.4, -0.2) is 42.6 Å². The Morgan fingerprint density at radius 2 is 1.95 bits per heavy atom. The van der Waals surface area contributed by atoms with E-state index in [2.05, 4.69) is 0 Å². The molecule has 22 heavy (non-hydrogen) atoms. The molecule has 0 unspecified atom stereocenters. The van der Waals surface area contributed by atoms with Gasteiger partial charge < -0.3 is 14.3 Å². The molecule has 0 amide bonds. The molecule has 0 aliphatic rings. The van der Waals surface area contributed by atoms with Gasteiger partial charge in [-0.3, -0.25) is 9.69 Å². The molecule has 0 spiro atoms. The third kappa shape index (κ3) is 3.73. The van der Waals surface area contributed by atoms with Gasteiger partial charge in [0.05, 0.1) is 25.8 Å². The first-order chi connectivity index (χ1) is 10.5. The highest BCUT2D eigenvalue weighted by atomic mass is 16.5. The number of carboxylic acid groups (broad SMARTS) is 1. The molecule has 6 heteroatoms. The van der Waals surface area contributed by atoms with E-state index >= 15 is 0 Å². The molecule has 0 saturated heterocycles. The molecule has 0 bridgehead atoms. The van der Waals surface area contributed by atoms with E-state index in [1.165, 1.54) is 7.11 Å². The average Bonchev–Trinajstić information content (AvgIpc) is 2.93. The summed E-state index contributed by atoms with van der Waals surface area (Å²) in [7, 11) is 3.02. The quantitative estimate of drug-likeness (QED) is 0.824. The number of likely N-dealkylation sites (N-methyl/N-ethyl adjacent to an activating group) is 1. The first kappa shape index (κ1) is 15.8. The molecule has 0 fully saturated rings. The predicted octanol–water partition coefficient (Wildman–Crippen LogP) is 2.25. The van der Waals surface area contributed by atoms with Crippen molar-refractivity contribution < 1.29 is 23.8 Å². The zero-order valence-corrected chi connectivity index (χ0v) is 12.4. The molecule has 0 atom stereocenters. The van der Waals surface area contributed by atoms with Crippen molar-refractivity contribution >= 4 is 11.9 Å². The Kier molecular flexibility index (Phi) is 4.95. The van der Waals surface area contributed by atoms with Gasteiger partial charge in [0.1, 0.15) is 11.5 Å². The fourth-order valence-electron chi connectivity index (χ4n) is 2.15. The number of ether oxygens (including phenoxy) is 1. The highest BCUT2D eigenvalue weighted by Crippen LogP contribution is 2.26. The molecule has 116 valence electrons. The molecule has 6 nitrogen and oxygen atoms in total. The van der Waals surface area contributed by atoms with E-state index in [9.17, 15) is 9.59 Å². The summed E-state index contributed by atoms with van der Waals surface area (Å²) in [4.78, 5) is 24.1. The van der Waals surface area contributed by atoms with E-state index in [1.807, 2.05) is 0 Å². The van der Waals surface area contributed by atoms with Crippen molar-refractivity contribution in [3.63, 3.8) is 0 Å². The van der Waals surface area contributed by atoms with Crippen molar-refractivity contribution in [3.05, 3.63) is 47.7 Å². The summed E-state index contributed by atoms with van der Waals surface area (Å²) in [6.07, 6.45) is 0. The Morgan fingerprint density at radius 1 is 1.23 bits per heavy atom. The maximum atomic E-state index is 11.8. The van der Waals surface area contributed by atoms with Crippen LogP contribution in [0.3, 0.4) is 0 Å². The number of carbonyl (C=O) groups excluding carboxylic acids is 1. The molecular weight excluding hydrogens is 286 g/mol. The Hall–Kier alpha value is -2.60. The Morgan fingerprint density at radius 3 is 2.64 bits per heavy atom. The van der Waals surface area contributed by atoms with E-state index in [0.29, 0.717) is 29.2 Å². The summed E-state index contributed by atoms with van der Waals surface area (Å²) in [6.45, 7) is 0.293. The number of benzene rings is 1. The standard InChI is InChI=1S/C16H17NO5/c1-17(10-15(18)19)9-11-7-8-14(22-11)12-5-3-4-6-13(12)16(20)21-2/h3-8H,9-10H2,1-2H3,(H,18,19). The molecule has 2 aromatic rings. The third-order valence-corrected chi connectivity index (χ3v) is 3.09. The lowest BCUT2D eigenvalue weighted by molar-refractivity contribution is -0.138. The van der Waals surface area contributed by atoms with Crippen LogP contribution < -0.4 is 0 Å². The maximum absolute atomic E-state index is 11.8. The predicted molar refractivity (Wildman–Crippen MR) is 79.5 cm³/mol. The molecule has 0 aliphatic heterocycles. The lowest BCUT2D eigenvalue weighted by Crippen LogP contribution is -2.24. The second-order valence-electron chi connectivity index (χ2n) is 4.87. The number of nitrogens with zero attached hydrogens (tertiary/aromatic N) is 1. The van der Waals surface area contributed by atoms with Crippen LogP contribution in [-0.2, 0) is 16.1 Å². The smallest absolute Gasteiger partial charge is 0.338 e. The molecule has 0 radical (unpaired) electrons. The number of carbonyl (C=O) groups is 2. The summed E-state index contributed by atoms with van der Waals surface area (Å²) < 4.78 is 10.5. The second kappa shape index (κ2) is 6.91. The van der Waals surface area contributed by atoms with E-state index in [-0.39, 0.29) is 6.54 Å². The highest BCUT2D eigenvalue weighted by Gasteiger charge is 2.16. The van der Waals surface area contributed by atoms with Gasteiger partial charge in [-0.1, -0.05) is 18.2 Å². The van der Waals surface area contributed by atoms with E-state index < -0.39 is 11.9 Å². The van der Waals surface area contributed by atoms with Crippen LogP contribution in [0.15, 0.2) is 40.8 Å². The number of hydrogen-bond donors (Lipinski definition) is 1. The lowest BCUT2D eigenvalue weighted by Gasteiger charge is -2.11. The maximum Gasteiger partial charge on any atom is 0.338 e. The minimum atomic E-state index is -0.898.